The number of nitrogens with one attached hydrogen (secondary N) is 1. The Kier molecular flexibility index (Phi) is 4.97. The lowest BCUT2D eigenvalue weighted by Crippen LogP contribution is -2.43. The number of carbonyl (C=O) groups excluding carboxylic acids is 1. The highest BCUT2D eigenvalue weighted by atomic mass is 16.1. The van der Waals surface area contributed by atoms with Crippen molar-refractivity contribution in [2.45, 2.75) is 45.1 Å². The van der Waals surface area contributed by atoms with E-state index >= 15 is 0 Å². The predicted molar refractivity (Wildman–Crippen MR) is 77.9 cm³/mol. The molecule has 0 saturated carbocycles. The van der Waals surface area contributed by atoms with E-state index in [4.69, 9.17) is 5.73 Å². The van der Waals surface area contributed by atoms with Gasteiger partial charge in [0.05, 0.1) is 5.92 Å². The van der Waals surface area contributed by atoms with E-state index in [1.165, 1.54) is 11.1 Å². The standard InChI is InChI=1S/C16H24N2O/c1-2-5-14(11-17)16(19)18-15-9-8-12-6-3-4-7-13(12)10-15/h3-4,6-7,14-15H,2,5,8-11,17H2,1H3,(H,18,19). The third-order valence-corrected chi connectivity index (χ3v) is 3.99. The van der Waals surface area contributed by atoms with Gasteiger partial charge in [0, 0.05) is 12.6 Å². The zero-order chi connectivity index (χ0) is 13.7. The molecule has 19 heavy (non-hydrogen) atoms. The van der Waals surface area contributed by atoms with Gasteiger partial charge in [-0.05, 0) is 36.8 Å². The Hall–Kier alpha value is -1.35. The number of benzene rings is 1. The second-order valence-electron chi connectivity index (χ2n) is 5.44. The molecule has 2 atom stereocenters. The van der Waals surface area contributed by atoms with E-state index in [-0.39, 0.29) is 17.9 Å². The predicted octanol–water partition coefficient (Wildman–Crippen LogP) is 2.04. The van der Waals surface area contributed by atoms with Crippen LogP contribution in [0, 0.1) is 5.92 Å². The SMILES string of the molecule is CCCC(CN)C(=O)NC1CCc2ccccc2C1. The first kappa shape index (κ1) is 14.1. The van der Waals surface area contributed by atoms with E-state index in [1.54, 1.807) is 0 Å². The number of amides is 1. The molecule has 1 amide bonds. The Bertz CT molecular complexity index is 431. The van der Waals surface area contributed by atoms with Crippen LogP contribution in [-0.2, 0) is 17.6 Å². The lowest BCUT2D eigenvalue weighted by molar-refractivity contribution is -0.125. The molecule has 1 aliphatic rings. The normalized spacial score (nSPS) is 19.6. The van der Waals surface area contributed by atoms with Crippen molar-refractivity contribution < 1.29 is 4.79 Å². The molecular formula is C16H24N2O. The monoisotopic (exact) mass is 260 g/mol. The fraction of sp³-hybridized carbons (Fsp3) is 0.562. The van der Waals surface area contributed by atoms with E-state index in [2.05, 4.69) is 36.5 Å². The highest BCUT2D eigenvalue weighted by Gasteiger charge is 2.23. The van der Waals surface area contributed by atoms with Crippen molar-refractivity contribution >= 4 is 5.91 Å². The second kappa shape index (κ2) is 6.71. The summed E-state index contributed by atoms with van der Waals surface area (Å²) in [6, 6.07) is 8.78. The van der Waals surface area contributed by atoms with E-state index < -0.39 is 0 Å². The van der Waals surface area contributed by atoms with Gasteiger partial charge in [0.1, 0.15) is 0 Å². The summed E-state index contributed by atoms with van der Waals surface area (Å²) in [6.45, 7) is 2.54. The van der Waals surface area contributed by atoms with Crippen molar-refractivity contribution in [1.82, 2.24) is 5.32 Å². The van der Waals surface area contributed by atoms with Crippen molar-refractivity contribution in [3.8, 4) is 0 Å². The van der Waals surface area contributed by atoms with E-state index in [9.17, 15) is 4.79 Å². The Balaban J connectivity index is 1.93. The molecule has 0 aliphatic heterocycles. The lowest BCUT2D eigenvalue weighted by Gasteiger charge is -2.27. The van der Waals surface area contributed by atoms with Gasteiger partial charge < -0.3 is 11.1 Å². The maximum atomic E-state index is 12.2. The molecule has 104 valence electrons. The molecule has 3 nitrogen and oxygen atoms in total. The van der Waals surface area contributed by atoms with Crippen molar-refractivity contribution in [1.29, 1.82) is 0 Å². The number of hydrogen-bond acceptors (Lipinski definition) is 2. The molecule has 3 heteroatoms. The largest absolute Gasteiger partial charge is 0.353 e. The Morgan fingerprint density at radius 2 is 2.16 bits per heavy atom. The average Bonchev–Trinajstić information content (AvgIpc) is 2.44. The molecular weight excluding hydrogens is 236 g/mol. The van der Waals surface area contributed by atoms with E-state index in [0.717, 1.165) is 32.1 Å². The number of carbonyl (C=O) groups is 1. The highest BCUT2D eigenvalue weighted by Crippen LogP contribution is 2.21. The van der Waals surface area contributed by atoms with Gasteiger partial charge in [-0.2, -0.15) is 0 Å². The van der Waals surface area contributed by atoms with Crippen LogP contribution in [0.15, 0.2) is 24.3 Å². The van der Waals surface area contributed by atoms with Gasteiger partial charge >= 0.3 is 0 Å². The van der Waals surface area contributed by atoms with Crippen molar-refractivity contribution in [3.63, 3.8) is 0 Å². The molecule has 0 heterocycles. The van der Waals surface area contributed by atoms with Crippen LogP contribution in [0.1, 0.15) is 37.3 Å². The number of hydrogen-bond donors (Lipinski definition) is 2. The number of aryl methyl sites for hydroxylation is 1. The first-order chi connectivity index (χ1) is 9.24. The van der Waals surface area contributed by atoms with Crippen LogP contribution in [0.4, 0.5) is 0 Å². The van der Waals surface area contributed by atoms with Crippen molar-refractivity contribution in [3.05, 3.63) is 35.4 Å². The summed E-state index contributed by atoms with van der Waals surface area (Å²) in [5.74, 6) is 0.107. The maximum Gasteiger partial charge on any atom is 0.224 e. The van der Waals surface area contributed by atoms with Crippen LogP contribution in [-0.4, -0.2) is 18.5 Å². The molecule has 0 bridgehead atoms. The van der Waals surface area contributed by atoms with Crippen LogP contribution >= 0.6 is 0 Å². The number of rotatable bonds is 5. The Morgan fingerprint density at radius 3 is 2.84 bits per heavy atom. The van der Waals surface area contributed by atoms with Gasteiger partial charge in [-0.15, -0.1) is 0 Å². The number of nitrogens with two attached hydrogens (primary N) is 1. The highest BCUT2D eigenvalue weighted by molar-refractivity contribution is 5.79. The molecule has 0 aromatic heterocycles. The van der Waals surface area contributed by atoms with Crippen LogP contribution in [0.5, 0.6) is 0 Å². The summed E-state index contributed by atoms with van der Waals surface area (Å²) in [4.78, 5) is 12.2. The summed E-state index contributed by atoms with van der Waals surface area (Å²) < 4.78 is 0. The minimum Gasteiger partial charge on any atom is -0.353 e. The van der Waals surface area contributed by atoms with Gasteiger partial charge in [-0.25, -0.2) is 0 Å². The Morgan fingerprint density at radius 1 is 1.42 bits per heavy atom. The maximum absolute atomic E-state index is 12.2. The van der Waals surface area contributed by atoms with Crippen LogP contribution in [0.25, 0.3) is 0 Å². The summed E-state index contributed by atoms with van der Waals surface area (Å²) in [5.41, 5.74) is 8.48. The van der Waals surface area contributed by atoms with Gasteiger partial charge in [0.25, 0.3) is 0 Å². The third kappa shape index (κ3) is 3.57. The van der Waals surface area contributed by atoms with Gasteiger partial charge in [-0.3, -0.25) is 4.79 Å². The molecule has 1 aliphatic carbocycles. The summed E-state index contributed by atoms with van der Waals surface area (Å²) in [6.07, 6.45) is 4.92. The van der Waals surface area contributed by atoms with Crippen molar-refractivity contribution in [2.24, 2.45) is 11.7 Å². The first-order valence-corrected chi connectivity index (χ1v) is 7.31. The molecule has 2 unspecified atom stereocenters. The molecule has 2 rings (SSSR count). The molecule has 0 saturated heterocycles. The van der Waals surface area contributed by atoms with Crippen LogP contribution in [0.2, 0.25) is 0 Å². The lowest BCUT2D eigenvalue weighted by atomic mass is 9.88. The van der Waals surface area contributed by atoms with Crippen LogP contribution in [0.3, 0.4) is 0 Å². The van der Waals surface area contributed by atoms with E-state index in [1.807, 2.05) is 0 Å². The van der Waals surface area contributed by atoms with E-state index in [0.29, 0.717) is 6.54 Å². The zero-order valence-corrected chi connectivity index (χ0v) is 11.7. The first-order valence-electron chi connectivity index (χ1n) is 7.31. The topological polar surface area (TPSA) is 55.1 Å². The molecule has 0 radical (unpaired) electrons. The average molecular weight is 260 g/mol. The minimum absolute atomic E-state index is 0.0258. The Labute approximate surface area is 115 Å². The zero-order valence-electron chi connectivity index (χ0n) is 11.7. The van der Waals surface area contributed by atoms with Crippen LogP contribution < -0.4 is 11.1 Å². The molecule has 0 fully saturated rings. The molecule has 1 aromatic rings. The fourth-order valence-corrected chi connectivity index (χ4v) is 2.84. The number of fused-ring (bicyclic) bond motifs is 1. The van der Waals surface area contributed by atoms with Gasteiger partial charge in [0.2, 0.25) is 5.91 Å². The van der Waals surface area contributed by atoms with Gasteiger partial charge in [0.15, 0.2) is 0 Å². The second-order valence-corrected chi connectivity index (χ2v) is 5.44. The molecule has 1 aromatic carbocycles. The minimum atomic E-state index is -0.0258. The smallest absolute Gasteiger partial charge is 0.224 e. The quantitative estimate of drug-likeness (QED) is 0.851. The van der Waals surface area contributed by atoms with Gasteiger partial charge in [-0.1, -0.05) is 37.6 Å². The molecule has 0 spiro atoms. The third-order valence-electron chi connectivity index (χ3n) is 3.99. The fourth-order valence-electron chi connectivity index (χ4n) is 2.84. The summed E-state index contributed by atoms with van der Waals surface area (Å²) in [5, 5.41) is 3.18. The van der Waals surface area contributed by atoms with Crippen molar-refractivity contribution in [2.75, 3.05) is 6.54 Å². The summed E-state index contributed by atoms with van der Waals surface area (Å²) in [7, 11) is 0. The summed E-state index contributed by atoms with van der Waals surface area (Å²) >= 11 is 0. The molecule has 3 N–H and O–H groups in total.